The van der Waals surface area contributed by atoms with Gasteiger partial charge in [0, 0.05) is 30.1 Å². The number of fused-ring (bicyclic) bond motifs is 2. The van der Waals surface area contributed by atoms with Gasteiger partial charge in [0.25, 0.3) is 5.91 Å². The molecule has 2 aromatic carbocycles. The van der Waals surface area contributed by atoms with E-state index in [1.54, 1.807) is 41.6 Å². The van der Waals surface area contributed by atoms with Gasteiger partial charge in [-0.05, 0) is 35.9 Å². The summed E-state index contributed by atoms with van der Waals surface area (Å²) in [6, 6.07) is 13.8. The van der Waals surface area contributed by atoms with Crippen LogP contribution < -0.4 is 14.4 Å². The summed E-state index contributed by atoms with van der Waals surface area (Å²) in [5, 5.41) is 0.537. The fourth-order valence-electron chi connectivity index (χ4n) is 3.34. The molecule has 5 rings (SSSR count). The number of anilines is 1. The van der Waals surface area contributed by atoms with Gasteiger partial charge in [0.15, 0.2) is 16.6 Å². The number of carbonyl (C=O) groups excluding carboxylic acids is 2. The van der Waals surface area contributed by atoms with Gasteiger partial charge < -0.3 is 14.2 Å². The number of nitrogens with zero attached hydrogens (tertiary/aromatic N) is 3. The van der Waals surface area contributed by atoms with Gasteiger partial charge in [-0.1, -0.05) is 17.4 Å². The van der Waals surface area contributed by atoms with Gasteiger partial charge in [0.2, 0.25) is 6.79 Å². The number of thiazole rings is 1. The summed E-state index contributed by atoms with van der Waals surface area (Å²) < 4.78 is 16.5. The van der Waals surface area contributed by atoms with Crippen molar-refractivity contribution in [3.05, 3.63) is 77.6 Å². The molecule has 9 heteroatoms. The maximum absolute atomic E-state index is 13.5. The zero-order valence-electron chi connectivity index (χ0n) is 17.0. The fourth-order valence-corrected chi connectivity index (χ4v) is 4.32. The molecule has 0 bridgehead atoms. The standard InChI is InChI=1S/C23H17N3O5S/c1-29-22(28)16-6-4-15(5-7-16)21(27)26(12-14-3-2-8-24-11-14)23-25-17-9-18-19(31-13-30-18)10-20(17)32-23/h2-11H,12-13H2,1H3. The van der Waals surface area contributed by atoms with Gasteiger partial charge in [-0.25, -0.2) is 9.78 Å². The van der Waals surface area contributed by atoms with Crippen LogP contribution >= 0.6 is 11.3 Å². The average Bonchev–Trinajstić information content (AvgIpc) is 3.46. The van der Waals surface area contributed by atoms with E-state index in [4.69, 9.17) is 14.2 Å². The molecule has 1 amide bonds. The van der Waals surface area contributed by atoms with Crippen molar-refractivity contribution in [3.8, 4) is 11.5 Å². The molecule has 0 saturated carbocycles. The Morgan fingerprint density at radius 2 is 1.84 bits per heavy atom. The molecule has 0 spiro atoms. The van der Waals surface area contributed by atoms with Gasteiger partial charge >= 0.3 is 5.97 Å². The van der Waals surface area contributed by atoms with Crippen molar-refractivity contribution < 1.29 is 23.8 Å². The van der Waals surface area contributed by atoms with E-state index >= 15 is 0 Å². The van der Waals surface area contributed by atoms with E-state index in [-0.39, 0.29) is 19.2 Å². The maximum Gasteiger partial charge on any atom is 0.337 e. The van der Waals surface area contributed by atoms with Gasteiger partial charge in [-0.15, -0.1) is 0 Å². The maximum atomic E-state index is 13.5. The van der Waals surface area contributed by atoms with Crippen LogP contribution in [0.5, 0.6) is 11.5 Å². The predicted octanol–water partition coefficient (Wildman–Crippen LogP) is 4.05. The van der Waals surface area contributed by atoms with Gasteiger partial charge in [0.05, 0.1) is 29.4 Å². The van der Waals surface area contributed by atoms with Crippen molar-refractivity contribution in [2.24, 2.45) is 0 Å². The molecule has 2 aromatic heterocycles. The molecule has 0 fully saturated rings. The quantitative estimate of drug-likeness (QED) is 0.426. The second kappa shape index (κ2) is 8.27. The fraction of sp³-hybridized carbons (Fsp3) is 0.130. The molecule has 0 aliphatic carbocycles. The Bertz CT molecular complexity index is 1260. The Kier molecular flexibility index (Phi) is 5.16. The summed E-state index contributed by atoms with van der Waals surface area (Å²) in [6.07, 6.45) is 3.39. The first-order valence-corrected chi connectivity index (χ1v) is 10.5. The highest BCUT2D eigenvalue weighted by Crippen LogP contribution is 2.40. The molecule has 0 atom stereocenters. The van der Waals surface area contributed by atoms with Crippen LogP contribution in [0.15, 0.2) is 60.9 Å². The molecule has 1 aliphatic heterocycles. The molecule has 0 radical (unpaired) electrons. The number of hydrogen-bond acceptors (Lipinski definition) is 8. The minimum Gasteiger partial charge on any atom is -0.465 e. The molecular weight excluding hydrogens is 430 g/mol. The lowest BCUT2D eigenvalue weighted by atomic mass is 10.1. The van der Waals surface area contributed by atoms with Gasteiger partial charge in [0.1, 0.15) is 0 Å². The summed E-state index contributed by atoms with van der Waals surface area (Å²) in [4.78, 5) is 35.6. The second-order valence-corrected chi connectivity index (χ2v) is 8.00. The highest BCUT2D eigenvalue weighted by atomic mass is 32.1. The topological polar surface area (TPSA) is 90.9 Å². The highest BCUT2D eigenvalue weighted by molar-refractivity contribution is 7.22. The number of aromatic nitrogens is 2. The van der Waals surface area contributed by atoms with E-state index in [9.17, 15) is 9.59 Å². The molecule has 0 saturated heterocycles. The van der Waals surface area contributed by atoms with Crippen LogP contribution in [0.4, 0.5) is 5.13 Å². The van der Waals surface area contributed by atoms with Crippen molar-refractivity contribution >= 4 is 38.6 Å². The number of methoxy groups -OCH3 is 1. The number of pyridine rings is 1. The van der Waals surface area contributed by atoms with Crippen LogP contribution in [0.3, 0.4) is 0 Å². The van der Waals surface area contributed by atoms with Crippen LogP contribution in [0.1, 0.15) is 26.3 Å². The van der Waals surface area contributed by atoms with Crippen molar-refractivity contribution in [2.75, 3.05) is 18.8 Å². The number of esters is 1. The zero-order valence-corrected chi connectivity index (χ0v) is 17.8. The summed E-state index contributed by atoms with van der Waals surface area (Å²) >= 11 is 1.39. The monoisotopic (exact) mass is 447 g/mol. The minimum absolute atomic E-state index is 0.187. The number of benzene rings is 2. The SMILES string of the molecule is COC(=O)c1ccc(C(=O)N(Cc2cccnc2)c2nc3cc4c(cc3s2)OCO4)cc1. The van der Waals surface area contributed by atoms with E-state index in [0.29, 0.717) is 27.8 Å². The lowest BCUT2D eigenvalue weighted by Gasteiger charge is -2.20. The van der Waals surface area contributed by atoms with Crippen molar-refractivity contribution in [1.29, 1.82) is 0 Å². The Balaban J connectivity index is 1.52. The highest BCUT2D eigenvalue weighted by Gasteiger charge is 2.24. The third-order valence-electron chi connectivity index (χ3n) is 4.96. The molecule has 0 N–H and O–H groups in total. The average molecular weight is 447 g/mol. The minimum atomic E-state index is -0.458. The van der Waals surface area contributed by atoms with Crippen molar-refractivity contribution in [2.45, 2.75) is 6.54 Å². The van der Waals surface area contributed by atoms with Crippen LogP contribution in [0.2, 0.25) is 0 Å². The van der Waals surface area contributed by atoms with Crippen LogP contribution in [0, 0.1) is 0 Å². The smallest absolute Gasteiger partial charge is 0.337 e. The molecule has 32 heavy (non-hydrogen) atoms. The first-order chi connectivity index (χ1) is 15.6. The van der Waals surface area contributed by atoms with E-state index in [1.807, 2.05) is 24.3 Å². The molecule has 3 heterocycles. The molecule has 8 nitrogen and oxygen atoms in total. The summed E-state index contributed by atoms with van der Waals surface area (Å²) in [5.74, 6) is 0.596. The van der Waals surface area contributed by atoms with Crippen molar-refractivity contribution in [1.82, 2.24) is 9.97 Å². The summed E-state index contributed by atoms with van der Waals surface area (Å²) in [6.45, 7) is 0.477. The molecule has 4 aromatic rings. The van der Waals surface area contributed by atoms with E-state index in [2.05, 4.69) is 9.97 Å². The number of ether oxygens (including phenoxy) is 3. The van der Waals surface area contributed by atoms with Gasteiger partial charge in [-0.2, -0.15) is 0 Å². The van der Waals surface area contributed by atoms with Crippen molar-refractivity contribution in [3.63, 3.8) is 0 Å². The number of amides is 1. The van der Waals surface area contributed by atoms with Crippen LogP contribution in [-0.2, 0) is 11.3 Å². The number of carbonyl (C=O) groups is 2. The first-order valence-electron chi connectivity index (χ1n) is 9.72. The third-order valence-corrected chi connectivity index (χ3v) is 6.01. The van der Waals surface area contributed by atoms with Crippen LogP contribution in [-0.4, -0.2) is 35.7 Å². The Morgan fingerprint density at radius 3 is 2.56 bits per heavy atom. The molecule has 1 aliphatic rings. The lowest BCUT2D eigenvalue weighted by molar-refractivity contribution is 0.0600. The summed E-state index contributed by atoms with van der Waals surface area (Å²) in [5.41, 5.74) is 2.38. The normalized spacial score (nSPS) is 12.0. The van der Waals surface area contributed by atoms with Crippen LogP contribution in [0.25, 0.3) is 10.2 Å². The summed E-state index contributed by atoms with van der Waals surface area (Å²) in [7, 11) is 1.32. The number of rotatable bonds is 5. The Hall–Kier alpha value is -3.98. The second-order valence-electron chi connectivity index (χ2n) is 6.99. The predicted molar refractivity (Wildman–Crippen MR) is 118 cm³/mol. The molecule has 0 unspecified atom stereocenters. The zero-order chi connectivity index (χ0) is 22.1. The first kappa shape index (κ1) is 20.0. The van der Waals surface area contributed by atoms with E-state index < -0.39 is 5.97 Å². The molecule has 160 valence electrons. The number of hydrogen-bond donors (Lipinski definition) is 0. The largest absolute Gasteiger partial charge is 0.465 e. The van der Waals surface area contributed by atoms with E-state index in [0.717, 1.165) is 15.8 Å². The Morgan fingerprint density at radius 1 is 1.09 bits per heavy atom. The van der Waals surface area contributed by atoms with E-state index in [1.165, 1.54) is 18.4 Å². The lowest BCUT2D eigenvalue weighted by Crippen LogP contribution is -2.30. The Labute approximate surface area is 187 Å². The molecular formula is C23H17N3O5S. The third kappa shape index (κ3) is 3.74. The van der Waals surface area contributed by atoms with Gasteiger partial charge in [-0.3, -0.25) is 14.7 Å².